The van der Waals surface area contributed by atoms with Crippen LogP contribution in [0.4, 0.5) is 0 Å². The predicted octanol–water partition coefficient (Wildman–Crippen LogP) is 9.18. The Morgan fingerprint density at radius 3 is 2.13 bits per heavy atom. The molecule has 0 bridgehead atoms. The molecular formula is C30H41N. The molecule has 0 saturated carbocycles. The molecule has 0 atom stereocenters. The van der Waals surface area contributed by atoms with Gasteiger partial charge in [-0.3, -0.25) is 0 Å². The van der Waals surface area contributed by atoms with Gasteiger partial charge in [0.1, 0.15) is 0 Å². The maximum atomic E-state index is 3.71. The summed E-state index contributed by atoms with van der Waals surface area (Å²) in [6.45, 7) is 2.30. The van der Waals surface area contributed by atoms with Gasteiger partial charge in [-0.2, -0.15) is 0 Å². The lowest BCUT2D eigenvalue weighted by molar-refractivity contribution is 0.544. The van der Waals surface area contributed by atoms with Crippen molar-refractivity contribution in [2.75, 3.05) is 0 Å². The Balaban J connectivity index is 1.19. The highest BCUT2D eigenvalue weighted by Crippen LogP contribution is 2.37. The second-order valence-corrected chi connectivity index (χ2v) is 9.65. The molecule has 0 saturated heterocycles. The van der Waals surface area contributed by atoms with Gasteiger partial charge in [-0.1, -0.05) is 108 Å². The van der Waals surface area contributed by atoms with E-state index in [0.29, 0.717) is 0 Å². The Kier molecular flexibility index (Phi) is 8.27. The summed E-state index contributed by atoms with van der Waals surface area (Å²) in [4.78, 5) is 3.71. The number of rotatable bonds is 13. The summed E-state index contributed by atoms with van der Waals surface area (Å²) >= 11 is 0. The maximum absolute atomic E-state index is 3.71. The molecule has 4 rings (SSSR count). The summed E-state index contributed by atoms with van der Waals surface area (Å²) < 4.78 is 0. The predicted molar refractivity (Wildman–Crippen MR) is 136 cm³/mol. The molecule has 0 spiro atoms. The highest BCUT2D eigenvalue weighted by Gasteiger charge is 2.20. The average molecular weight is 416 g/mol. The van der Waals surface area contributed by atoms with E-state index in [1.807, 2.05) is 0 Å². The number of aromatic amines is 1. The Hall–Kier alpha value is -2.02. The third-order valence-electron chi connectivity index (χ3n) is 7.22. The Morgan fingerprint density at radius 2 is 1.39 bits per heavy atom. The molecule has 2 aromatic carbocycles. The number of aryl methyl sites for hydroxylation is 3. The van der Waals surface area contributed by atoms with Gasteiger partial charge >= 0.3 is 0 Å². The zero-order valence-electron chi connectivity index (χ0n) is 19.6. The van der Waals surface area contributed by atoms with Crippen LogP contribution in [0, 0.1) is 0 Å². The summed E-state index contributed by atoms with van der Waals surface area (Å²) in [5.41, 5.74) is 8.60. The van der Waals surface area contributed by atoms with E-state index in [9.17, 15) is 0 Å². The number of hydrogen-bond donors (Lipinski definition) is 1. The van der Waals surface area contributed by atoms with E-state index in [1.165, 1.54) is 129 Å². The lowest BCUT2D eigenvalue weighted by atomic mass is 9.89. The van der Waals surface area contributed by atoms with E-state index in [0.717, 1.165) is 6.42 Å². The largest absolute Gasteiger partial charge is 0.354 e. The van der Waals surface area contributed by atoms with Gasteiger partial charge in [-0.05, 0) is 54.5 Å². The minimum absolute atomic E-state index is 1.16. The lowest BCUT2D eigenvalue weighted by Gasteiger charge is -2.16. The molecule has 0 aliphatic heterocycles. The minimum Gasteiger partial charge on any atom is -0.354 e. The maximum Gasteiger partial charge on any atom is 0.0500 e. The zero-order chi connectivity index (χ0) is 21.3. The van der Waals surface area contributed by atoms with Crippen molar-refractivity contribution >= 4 is 10.9 Å². The van der Waals surface area contributed by atoms with Crippen LogP contribution in [-0.2, 0) is 19.3 Å². The topological polar surface area (TPSA) is 15.8 Å². The van der Waals surface area contributed by atoms with Crippen LogP contribution in [0.1, 0.15) is 101 Å². The molecule has 1 nitrogen and oxygen atoms in total. The molecule has 3 aromatic rings. The molecule has 166 valence electrons. The number of H-pyrrole nitrogens is 1. The molecule has 1 heteroatoms. The number of benzene rings is 2. The first-order chi connectivity index (χ1) is 15.4. The second-order valence-electron chi connectivity index (χ2n) is 9.65. The lowest BCUT2D eigenvalue weighted by Crippen LogP contribution is -2.02. The summed E-state index contributed by atoms with van der Waals surface area (Å²) in [6, 6.07) is 16.0. The first-order valence-electron chi connectivity index (χ1n) is 13.1. The second kappa shape index (κ2) is 11.6. The summed E-state index contributed by atoms with van der Waals surface area (Å²) in [5.74, 6) is 0. The zero-order valence-corrected chi connectivity index (χ0v) is 19.6. The van der Waals surface area contributed by atoms with E-state index < -0.39 is 0 Å². The van der Waals surface area contributed by atoms with Gasteiger partial charge in [-0.15, -0.1) is 0 Å². The smallest absolute Gasteiger partial charge is 0.0500 e. The van der Waals surface area contributed by atoms with Gasteiger partial charge in [0.05, 0.1) is 0 Å². The highest BCUT2D eigenvalue weighted by atomic mass is 14.7. The third-order valence-corrected chi connectivity index (χ3v) is 7.22. The highest BCUT2D eigenvalue weighted by molar-refractivity contribution is 5.92. The number of aromatic nitrogens is 1. The Bertz CT molecular complexity index is 948. The fourth-order valence-corrected chi connectivity index (χ4v) is 5.35. The number of hydrogen-bond acceptors (Lipinski definition) is 0. The molecule has 0 amide bonds. The van der Waals surface area contributed by atoms with Crippen molar-refractivity contribution < 1.29 is 0 Å². The fourth-order valence-electron chi connectivity index (χ4n) is 5.35. The molecular weight excluding hydrogens is 374 g/mol. The third kappa shape index (κ3) is 5.82. The average Bonchev–Trinajstić information content (AvgIpc) is 3.18. The molecule has 1 heterocycles. The standard InChI is InChI=1S/C30H41N/c1-2-3-4-5-6-7-8-9-10-11-12-13-16-24-19-22-29-28(23-24)27-21-20-25-17-14-15-18-26(25)30(27)31-29/h14-15,17-19,22-23,31H,2-13,16,20-21H2,1H3. The molecule has 1 N–H and O–H groups in total. The number of fused-ring (bicyclic) bond motifs is 5. The summed E-state index contributed by atoms with van der Waals surface area (Å²) in [6.07, 6.45) is 20.6. The Morgan fingerprint density at radius 1 is 0.710 bits per heavy atom. The van der Waals surface area contributed by atoms with E-state index in [-0.39, 0.29) is 0 Å². The van der Waals surface area contributed by atoms with Gasteiger partial charge in [0.15, 0.2) is 0 Å². The van der Waals surface area contributed by atoms with Crippen molar-refractivity contribution in [1.82, 2.24) is 4.98 Å². The van der Waals surface area contributed by atoms with Crippen molar-refractivity contribution in [3.63, 3.8) is 0 Å². The van der Waals surface area contributed by atoms with Crippen molar-refractivity contribution in [3.05, 3.63) is 59.2 Å². The van der Waals surface area contributed by atoms with E-state index in [1.54, 1.807) is 0 Å². The van der Waals surface area contributed by atoms with Gasteiger partial charge in [-0.25, -0.2) is 0 Å². The molecule has 0 fully saturated rings. The first-order valence-corrected chi connectivity index (χ1v) is 13.1. The van der Waals surface area contributed by atoms with Crippen LogP contribution in [-0.4, -0.2) is 4.98 Å². The minimum atomic E-state index is 1.16. The van der Waals surface area contributed by atoms with Crippen LogP contribution in [0.25, 0.3) is 22.2 Å². The first kappa shape index (κ1) is 22.2. The van der Waals surface area contributed by atoms with E-state index in [2.05, 4.69) is 54.4 Å². The van der Waals surface area contributed by atoms with Crippen molar-refractivity contribution in [2.24, 2.45) is 0 Å². The quantitative estimate of drug-likeness (QED) is 0.268. The monoisotopic (exact) mass is 415 g/mol. The number of unbranched alkanes of at least 4 members (excludes halogenated alkanes) is 11. The molecule has 0 radical (unpaired) electrons. The van der Waals surface area contributed by atoms with Crippen LogP contribution >= 0.6 is 0 Å². The van der Waals surface area contributed by atoms with Gasteiger partial charge < -0.3 is 4.98 Å². The van der Waals surface area contributed by atoms with Crippen LogP contribution in [0.2, 0.25) is 0 Å². The van der Waals surface area contributed by atoms with Crippen molar-refractivity contribution in [2.45, 2.75) is 103 Å². The van der Waals surface area contributed by atoms with E-state index in [4.69, 9.17) is 0 Å². The van der Waals surface area contributed by atoms with Gasteiger partial charge in [0.25, 0.3) is 0 Å². The van der Waals surface area contributed by atoms with E-state index >= 15 is 0 Å². The molecule has 31 heavy (non-hydrogen) atoms. The van der Waals surface area contributed by atoms with Gasteiger partial charge in [0, 0.05) is 22.2 Å². The molecule has 1 aliphatic rings. The van der Waals surface area contributed by atoms with Crippen molar-refractivity contribution in [1.29, 1.82) is 0 Å². The van der Waals surface area contributed by atoms with Crippen LogP contribution in [0.15, 0.2) is 42.5 Å². The normalized spacial score (nSPS) is 12.8. The summed E-state index contributed by atoms with van der Waals surface area (Å²) in [7, 11) is 0. The van der Waals surface area contributed by atoms with Crippen LogP contribution in [0.3, 0.4) is 0 Å². The van der Waals surface area contributed by atoms with Crippen molar-refractivity contribution in [3.8, 4) is 11.3 Å². The SMILES string of the molecule is CCCCCCCCCCCCCCc1ccc2[nH]c3c(c2c1)CCc1ccccc1-3. The molecule has 1 aromatic heterocycles. The van der Waals surface area contributed by atoms with Crippen LogP contribution < -0.4 is 0 Å². The summed E-state index contributed by atoms with van der Waals surface area (Å²) in [5, 5.41) is 1.46. The molecule has 0 unspecified atom stereocenters. The Labute approximate surface area is 189 Å². The number of nitrogens with one attached hydrogen (secondary N) is 1. The molecule has 1 aliphatic carbocycles. The van der Waals surface area contributed by atoms with Gasteiger partial charge in [0.2, 0.25) is 0 Å². The van der Waals surface area contributed by atoms with Crippen LogP contribution in [0.5, 0.6) is 0 Å². The fraction of sp³-hybridized carbons (Fsp3) is 0.533.